The summed E-state index contributed by atoms with van der Waals surface area (Å²) in [7, 11) is 1.90. The molecule has 2 N–H and O–H groups in total. The molecule has 2 rings (SSSR count). The number of hydrogen-bond acceptors (Lipinski definition) is 3. The van der Waals surface area contributed by atoms with Gasteiger partial charge in [0.25, 0.3) is 5.91 Å². The Morgan fingerprint density at radius 2 is 1.70 bits per heavy atom. The van der Waals surface area contributed by atoms with Crippen molar-refractivity contribution < 1.29 is 36.6 Å². The summed E-state index contributed by atoms with van der Waals surface area (Å²) in [5.74, 6) is -7.53. The first kappa shape index (κ1) is 23.1. The first-order valence-electron chi connectivity index (χ1n) is 7.69. The van der Waals surface area contributed by atoms with Gasteiger partial charge in [-0.1, -0.05) is 36.7 Å². The maximum atomic E-state index is 14.2. The normalized spacial score (nSPS) is 20.6. The quantitative estimate of drug-likeness (QED) is 0.743. The Hall–Kier alpha value is -1.94. The summed E-state index contributed by atoms with van der Waals surface area (Å²) in [4.78, 5) is 22.8. The summed E-state index contributed by atoms with van der Waals surface area (Å²) >= 11 is 5.75. The maximum Gasteiger partial charge on any atom is 0.490 e. The molecule has 0 saturated carbocycles. The number of amides is 1. The number of benzene rings is 1. The fourth-order valence-corrected chi connectivity index (χ4v) is 2.75. The van der Waals surface area contributed by atoms with Crippen LogP contribution in [0.3, 0.4) is 0 Å². The van der Waals surface area contributed by atoms with Crippen LogP contribution < -0.4 is 5.32 Å². The van der Waals surface area contributed by atoms with Gasteiger partial charge in [-0.3, -0.25) is 4.79 Å². The smallest absolute Gasteiger partial charge is 0.475 e. The van der Waals surface area contributed by atoms with Crippen molar-refractivity contribution >= 4 is 23.5 Å². The van der Waals surface area contributed by atoms with Gasteiger partial charge in [-0.15, -0.1) is 0 Å². The van der Waals surface area contributed by atoms with Crippen LogP contribution >= 0.6 is 11.6 Å². The van der Waals surface area contributed by atoms with E-state index in [2.05, 4.69) is 5.32 Å². The number of carbonyl (C=O) groups is 2. The van der Waals surface area contributed by atoms with Gasteiger partial charge in [0, 0.05) is 24.7 Å². The monoisotopic (exact) mass is 416 g/mol. The van der Waals surface area contributed by atoms with Gasteiger partial charge in [-0.2, -0.15) is 22.0 Å². The van der Waals surface area contributed by atoms with E-state index in [-0.39, 0.29) is 17.0 Å². The lowest BCUT2D eigenvalue weighted by Crippen LogP contribution is -2.46. The number of aliphatic carboxylic acids is 1. The Morgan fingerprint density at radius 1 is 1.19 bits per heavy atom. The molecule has 2 atom stereocenters. The number of carboxylic acid groups (broad SMARTS) is 1. The Morgan fingerprint density at radius 3 is 2.11 bits per heavy atom. The van der Waals surface area contributed by atoms with E-state index in [1.54, 1.807) is 6.07 Å². The van der Waals surface area contributed by atoms with Crippen LogP contribution in [0.4, 0.5) is 22.0 Å². The third-order valence-corrected chi connectivity index (χ3v) is 4.18. The minimum atomic E-state index is -5.08. The van der Waals surface area contributed by atoms with Gasteiger partial charge in [-0.05, 0) is 19.0 Å². The fraction of sp³-hybridized carbons (Fsp3) is 0.500. The molecule has 0 aliphatic carbocycles. The largest absolute Gasteiger partial charge is 0.490 e. The van der Waals surface area contributed by atoms with E-state index < -0.39 is 29.5 Å². The highest BCUT2D eigenvalue weighted by atomic mass is 35.5. The number of nitrogens with one attached hydrogen (secondary N) is 1. The van der Waals surface area contributed by atoms with Crippen LogP contribution in [0.1, 0.15) is 12.5 Å². The molecule has 1 aliphatic rings. The predicted molar refractivity (Wildman–Crippen MR) is 87.6 cm³/mol. The van der Waals surface area contributed by atoms with Gasteiger partial charge in [-0.25, -0.2) is 4.79 Å². The number of carboxylic acids is 1. The molecular weight excluding hydrogens is 399 g/mol. The maximum absolute atomic E-state index is 14.2. The van der Waals surface area contributed by atoms with Crippen LogP contribution in [0.5, 0.6) is 0 Å². The van der Waals surface area contributed by atoms with Crippen LogP contribution in [0.15, 0.2) is 24.3 Å². The van der Waals surface area contributed by atoms with E-state index >= 15 is 0 Å². The first-order chi connectivity index (χ1) is 12.3. The Bertz CT molecular complexity index is 684. The molecule has 2 unspecified atom stereocenters. The highest BCUT2D eigenvalue weighted by Crippen LogP contribution is 2.34. The third-order valence-electron chi connectivity index (χ3n) is 3.85. The highest BCUT2D eigenvalue weighted by Gasteiger charge is 2.44. The number of carbonyl (C=O) groups excluding carboxylic acids is 1. The molecule has 5 nitrogen and oxygen atoms in total. The number of hydrogen-bond donors (Lipinski definition) is 2. The number of nitrogens with zero attached hydrogens (tertiary/aromatic N) is 1. The van der Waals surface area contributed by atoms with Gasteiger partial charge in [0.1, 0.15) is 0 Å². The van der Waals surface area contributed by atoms with E-state index in [4.69, 9.17) is 21.5 Å². The van der Waals surface area contributed by atoms with Crippen LogP contribution in [0, 0.1) is 5.92 Å². The molecule has 1 saturated heterocycles. The van der Waals surface area contributed by atoms with Crippen molar-refractivity contribution in [3.05, 3.63) is 34.9 Å². The van der Waals surface area contributed by atoms with Gasteiger partial charge in [0.2, 0.25) is 0 Å². The molecule has 0 aromatic heterocycles. The molecule has 152 valence electrons. The number of halogens is 6. The second-order valence-electron chi connectivity index (χ2n) is 6.14. The average molecular weight is 417 g/mol. The average Bonchev–Trinajstić information content (AvgIpc) is 2.84. The van der Waals surface area contributed by atoms with E-state index in [9.17, 15) is 26.7 Å². The van der Waals surface area contributed by atoms with Crippen molar-refractivity contribution in [3.63, 3.8) is 0 Å². The van der Waals surface area contributed by atoms with Crippen molar-refractivity contribution in [1.29, 1.82) is 0 Å². The SMILES string of the molecule is CC1CN(C)CC1NC(=O)C(F)(F)c1ccccc1Cl.O=C(O)C(F)(F)F. The van der Waals surface area contributed by atoms with Crippen molar-refractivity contribution in [2.24, 2.45) is 5.92 Å². The zero-order chi connectivity index (χ0) is 21.0. The van der Waals surface area contributed by atoms with Gasteiger partial charge < -0.3 is 15.3 Å². The summed E-state index contributed by atoms with van der Waals surface area (Å²) in [6.07, 6.45) is -5.08. The molecule has 1 aromatic carbocycles. The first-order valence-corrected chi connectivity index (χ1v) is 8.07. The van der Waals surface area contributed by atoms with Crippen LogP contribution in [0.2, 0.25) is 5.02 Å². The van der Waals surface area contributed by atoms with Crippen molar-refractivity contribution in [3.8, 4) is 0 Å². The summed E-state index contributed by atoms with van der Waals surface area (Å²) in [5.41, 5.74) is -0.460. The molecule has 11 heteroatoms. The molecule has 0 bridgehead atoms. The molecule has 1 amide bonds. The van der Waals surface area contributed by atoms with Gasteiger partial charge >= 0.3 is 18.1 Å². The lowest BCUT2D eigenvalue weighted by molar-refractivity contribution is -0.192. The van der Waals surface area contributed by atoms with Crippen LogP contribution in [-0.4, -0.2) is 54.2 Å². The Labute approximate surface area is 157 Å². The molecule has 0 radical (unpaired) electrons. The van der Waals surface area contributed by atoms with Gasteiger partial charge in [0.15, 0.2) is 0 Å². The van der Waals surface area contributed by atoms with E-state index in [1.807, 2.05) is 18.9 Å². The number of rotatable bonds is 3. The highest BCUT2D eigenvalue weighted by molar-refractivity contribution is 6.31. The summed E-state index contributed by atoms with van der Waals surface area (Å²) < 4.78 is 60.1. The van der Waals surface area contributed by atoms with Crippen LogP contribution in [0.25, 0.3) is 0 Å². The Balaban J connectivity index is 0.000000445. The minimum Gasteiger partial charge on any atom is -0.475 e. The van der Waals surface area contributed by atoms with E-state index in [1.165, 1.54) is 18.2 Å². The molecule has 1 fully saturated rings. The zero-order valence-electron chi connectivity index (χ0n) is 14.4. The van der Waals surface area contributed by atoms with E-state index in [0.717, 1.165) is 6.54 Å². The van der Waals surface area contributed by atoms with E-state index in [0.29, 0.717) is 6.54 Å². The Kier molecular flexibility index (Phi) is 7.56. The standard InChI is InChI=1S/C14H17ClF2N2O.C2HF3O2/c1-9-7-19(2)8-12(9)18-13(20)14(16,17)10-5-3-4-6-11(10)15;3-2(4,5)1(6)7/h3-6,9,12H,7-8H2,1-2H3,(H,18,20);(H,6,7). The van der Waals surface area contributed by atoms with Gasteiger partial charge in [0.05, 0.1) is 5.02 Å². The molecule has 1 heterocycles. The number of likely N-dealkylation sites (tertiary alicyclic amines) is 1. The van der Waals surface area contributed by atoms with Crippen molar-refractivity contribution in [1.82, 2.24) is 10.2 Å². The molecule has 1 aromatic rings. The summed E-state index contributed by atoms with van der Waals surface area (Å²) in [6, 6.07) is 5.25. The fourth-order valence-electron chi connectivity index (χ4n) is 2.49. The second kappa shape index (κ2) is 8.83. The van der Waals surface area contributed by atoms with Crippen molar-refractivity contribution in [2.45, 2.75) is 25.1 Å². The molecule has 1 aliphatic heterocycles. The zero-order valence-corrected chi connectivity index (χ0v) is 15.1. The lowest BCUT2D eigenvalue weighted by atomic mass is 10.0. The second-order valence-corrected chi connectivity index (χ2v) is 6.54. The summed E-state index contributed by atoms with van der Waals surface area (Å²) in [6.45, 7) is 3.29. The molecule has 0 spiro atoms. The molecular formula is C16H18ClF5N2O3. The predicted octanol–water partition coefficient (Wildman–Crippen LogP) is 3.13. The topological polar surface area (TPSA) is 69.6 Å². The third kappa shape index (κ3) is 6.31. The van der Waals surface area contributed by atoms with Crippen LogP contribution in [-0.2, 0) is 15.5 Å². The van der Waals surface area contributed by atoms with Crippen molar-refractivity contribution in [2.75, 3.05) is 20.1 Å². The number of alkyl halides is 5. The number of likely N-dealkylation sites (N-methyl/N-ethyl adjacent to an activating group) is 1. The lowest BCUT2D eigenvalue weighted by Gasteiger charge is -2.22. The molecule has 27 heavy (non-hydrogen) atoms. The minimum absolute atomic E-state index is 0.107. The summed E-state index contributed by atoms with van der Waals surface area (Å²) in [5, 5.41) is 9.45.